The van der Waals surface area contributed by atoms with Gasteiger partial charge in [-0.2, -0.15) is 5.10 Å². The van der Waals surface area contributed by atoms with E-state index in [0.717, 1.165) is 90.9 Å². The van der Waals surface area contributed by atoms with Crippen LogP contribution in [-0.4, -0.2) is 62.0 Å². The zero-order valence-corrected chi connectivity index (χ0v) is 21.3. The summed E-state index contributed by atoms with van der Waals surface area (Å²) in [4.78, 5) is 16.2. The molecule has 2 aliphatic rings. The Hall–Kier alpha value is -3.82. The first-order valence-electron chi connectivity index (χ1n) is 13.5. The lowest BCUT2D eigenvalue weighted by atomic mass is 9.90. The van der Waals surface area contributed by atoms with E-state index in [1.54, 1.807) is 0 Å². The monoisotopic (exact) mass is 509 g/mol. The molecule has 0 radical (unpaired) electrons. The highest BCUT2D eigenvalue weighted by Gasteiger charge is 2.30. The molecule has 0 amide bonds. The molecular formula is C29H31N7O2. The molecule has 1 aliphatic heterocycles. The molecule has 1 saturated carbocycles. The lowest BCUT2D eigenvalue weighted by Crippen LogP contribution is -2.45. The molecule has 9 nitrogen and oxygen atoms in total. The SMILES string of the molecule is Nc1ncnc2c1c(-c1ccc3nc(Cc4ccccc4)oc3c1)nn2[C@H]1CC[C@H](N2CCOCC2)CC1. The number of nitrogens with zero attached hydrogens (tertiary/aromatic N) is 6. The van der Waals surface area contributed by atoms with Gasteiger partial charge in [-0.3, -0.25) is 4.90 Å². The molecule has 1 aliphatic carbocycles. The van der Waals surface area contributed by atoms with E-state index in [4.69, 9.17) is 25.0 Å². The third-order valence-electron chi connectivity index (χ3n) is 8.00. The molecule has 5 aromatic rings. The maximum atomic E-state index is 6.40. The highest BCUT2D eigenvalue weighted by Crippen LogP contribution is 2.37. The van der Waals surface area contributed by atoms with E-state index in [1.165, 1.54) is 6.33 Å². The number of nitrogens with two attached hydrogens (primary N) is 1. The Morgan fingerprint density at radius 3 is 2.53 bits per heavy atom. The van der Waals surface area contributed by atoms with Crippen molar-refractivity contribution in [1.29, 1.82) is 0 Å². The smallest absolute Gasteiger partial charge is 0.199 e. The van der Waals surface area contributed by atoms with E-state index in [-0.39, 0.29) is 6.04 Å². The molecule has 9 heteroatoms. The van der Waals surface area contributed by atoms with Crippen LogP contribution >= 0.6 is 0 Å². The minimum Gasteiger partial charge on any atom is -0.440 e. The van der Waals surface area contributed by atoms with Crippen LogP contribution < -0.4 is 5.73 Å². The summed E-state index contributed by atoms with van der Waals surface area (Å²) < 4.78 is 13.8. The quantitative estimate of drug-likeness (QED) is 0.366. The Morgan fingerprint density at radius 1 is 0.921 bits per heavy atom. The molecule has 4 heterocycles. The number of oxazole rings is 1. The maximum Gasteiger partial charge on any atom is 0.199 e. The summed E-state index contributed by atoms with van der Waals surface area (Å²) >= 11 is 0. The van der Waals surface area contributed by atoms with Gasteiger partial charge in [0.2, 0.25) is 0 Å². The number of rotatable bonds is 5. The molecule has 38 heavy (non-hydrogen) atoms. The second-order valence-corrected chi connectivity index (χ2v) is 10.3. The summed E-state index contributed by atoms with van der Waals surface area (Å²) in [6, 6.07) is 17.2. The van der Waals surface area contributed by atoms with Crippen molar-refractivity contribution in [2.24, 2.45) is 0 Å². The molecule has 0 atom stereocenters. The Kier molecular flexibility index (Phi) is 6.02. The predicted octanol–water partition coefficient (Wildman–Crippen LogP) is 4.62. The number of hydrogen-bond acceptors (Lipinski definition) is 8. The number of hydrogen-bond donors (Lipinski definition) is 1. The lowest BCUT2D eigenvalue weighted by Gasteiger charge is -2.38. The van der Waals surface area contributed by atoms with Gasteiger partial charge in [0.1, 0.15) is 23.4 Å². The van der Waals surface area contributed by atoms with Gasteiger partial charge in [-0.05, 0) is 43.4 Å². The van der Waals surface area contributed by atoms with Gasteiger partial charge in [-0.25, -0.2) is 19.6 Å². The van der Waals surface area contributed by atoms with E-state index in [9.17, 15) is 0 Å². The molecule has 3 aromatic heterocycles. The molecule has 0 bridgehead atoms. The standard InChI is InChI=1S/C29H31N7O2/c30-28-26-27(20-6-11-23-24(17-20)38-25(33-23)16-19-4-2-1-3-5-19)34-36(29(26)32-18-31-28)22-9-7-21(8-10-22)35-12-14-37-15-13-35/h1-6,11,17-18,21-22H,7-10,12-16H2,(H2,30,31,32)/t21-,22-. The lowest BCUT2D eigenvalue weighted by molar-refractivity contribution is 0.00520. The third kappa shape index (κ3) is 4.31. The second kappa shape index (κ2) is 9.81. The number of fused-ring (bicyclic) bond motifs is 2. The van der Waals surface area contributed by atoms with Crippen LogP contribution in [-0.2, 0) is 11.2 Å². The largest absolute Gasteiger partial charge is 0.440 e. The first kappa shape index (κ1) is 23.3. The molecule has 2 fully saturated rings. The number of aromatic nitrogens is 5. The molecule has 0 spiro atoms. The van der Waals surface area contributed by atoms with Crippen LogP contribution in [0.2, 0.25) is 0 Å². The topological polar surface area (TPSA) is 108 Å². The molecule has 1 saturated heterocycles. The van der Waals surface area contributed by atoms with E-state index in [1.807, 2.05) is 36.4 Å². The van der Waals surface area contributed by atoms with Crippen LogP contribution in [0.4, 0.5) is 5.82 Å². The second-order valence-electron chi connectivity index (χ2n) is 10.3. The van der Waals surface area contributed by atoms with Gasteiger partial charge in [0, 0.05) is 31.1 Å². The molecule has 2 N–H and O–H groups in total. The van der Waals surface area contributed by atoms with Gasteiger partial charge >= 0.3 is 0 Å². The van der Waals surface area contributed by atoms with Crippen molar-refractivity contribution < 1.29 is 9.15 Å². The van der Waals surface area contributed by atoms with Gasteiger partial charge in [0.15, 0.2) is 17.1 Å². The fraction of sp³-hybridized carbons (Fsp3) is 0.379. The number of nitrogen functional groups attached to an aromatic ring is 1. The van der Waals surface area contributed by atoms with Crippen LogP contribution in [0.15, 0.2) is 59.3 Å². The van der Waals surface area contributed by atoms with Crippen LogP contribution in [0.5, 0.6) is 0 Å². The average molecular weight is 510 g/mol. The van der Waals surface area contributed by atoms with Crippen molar-refractivity contribution in [1.82, 2.24) is 29.6 Å². The first-order chi connectivity index (χ1) is 18.7. The number of anilines is 1. The van der Waals surface area contributed by atoms with Crippen LogP contribution in [0, 0.1) is 0 Å². The van der Waals surface area contributed by atoms with Gasteiger partial charge in [-0.15, -0.1) is 0 Å². The van der Waals surface area contributed by atoms with Crippen molar-refractivity contribution in [2.45, 2.75) is 44.2 Å². The Morgan fingerprint density at radius 2 is 1.71 bits per heavy atom. The summed E-state index contributed by atoms with van der Waals surface area (Å²) in [6.45, 7) is 3.75. The van der Waals surface area contributed by atoms with Crippen LogP contribution in [0.3, 0.4) is 0 Å². The van der Waals surface area contributed by atoms with Crippen molar-refractivity contribution >= 4 is 28.0 Å². The van der Waals surface area contributed by atoms with Gasteiger partial charge in [0.25, 0.3) is 0 Å². The van der Waals surface area contributed by atoms with Crippen molar-refractivity contribution in [3.8, 4) is 11.3 Å². The Labute approximate surface area is 220 Å². The number of ether oxygens (including phenoxy) is 1. The van der Waals surface area contributed by atoms with Gasteiger partial charge in [-0.1, -0.05) is 36.4 Å². The van der Waals surface area contributed by atoms with Crippen molar-refractivity contribution in [2.75, 3.05) is 32.0 Å². The van der Waals surface area contributed by atoms with E-state index in [2.05, 4.69) is 31.7 Å². The van der Waals surface area contributed by atoms with E-state index in [0.29, 0.717) is 24.2 Å². The highest BCUT2D eigenvalue weighted by molar-refractivity contribution is 5.99. The maximum absolute atomic E-state index is 6.40. The Balaban J connectivity index is 1.19. The number of morpholine rings is 1. The summed E-state index contributed by atoms with van der Waals surface area (Å²) in [5.41, 5.74) is 11.6. The zero-order chi connectivity index (χ0) is 25.5. The normalized spacial score (nSPS) is 20.8. The molecule has 194 valence electrons. The van der Waals surface area contributed by atoms with Gasteiger partial charge in [0.05, 0.1) is 24.6 Å². The van der Waals surface area contributed by atoms with E-state index >= 15 is 0 Å². The minimum atomic E-state index is 0.282. The zero-order valence-electron chi connectivity index (χ0n) is 21.3. The van der Waals surface area contributed by atoms with Crippen LogP contribution in [0.25, 0.3) is 33.4 Å². The van der Waals surface area contributed by atoms with E-state index < -0.39 is 0 Å². The molecule has 2 aromatic carbocycles. The fourth-order valence-corrected chi connectivity index (χ4v) is 6.03. The highest BCUT2D eigenvalue weighted by atomic mass is 16.5. The summed E-state index contributed by atoms with van der Waals surface area (Å²) in [7, 11) is 0. The molecule has 0 unspecified atom stereocenters. The molecular weight excluding hydrogens is 478 g/mol. The van der Waals surface area contributed by atoms with Crippen molar-refractivity contribution in [3.05, 3.63) is 66.3 Å². The summed E-state index contributed by atoms with van der Waals surface area (Å²) in [6.07, 6.45) is 6.61. The summed E-state index contributed by atoms with van der Waals surface area (Å²) in [5.74, 6) is 1.14. The first-order valence-corrected chi connectivity index (χ1v) is 13.5. The third-order valence-corrected chi connectivity index (χ3v) is 8.00. The van der Waals surface area contributed by atoms with Crippen molar-refractivity contribution in [3.63, 3.8) is 0 Å². The van der Waals surface area contributed by atoms with Gasteiger partial charge < -0.3 is 14.9 Å². The fourth-order valence-electron chi connectivity index (χ4n) is 6.03. The van der Waals surface area contributed by atoms with Crippen LogP contribution in [0.1, 0.15) is 43.2 Å². The average Bonchev–Trinajstić information content (AvgIpc) is 3.56. The number of benzene rings is 2. The predicted molar refractivity (Wildman–Crippen MR) is 146 cm³/mol. The Bertz CT molecular complexity index is 1560. The molecule has 7 rings (SSSR count). The minimum absolute atomic E-state index is 0.282. The summed E-state index contributed by atoms with van der Waals surface area (Å²) in [5, 5.41) is 5.90.